The third-order valence-electron chi connectivity index (χ3n) is 5.02. The quantitative estimate of drug-likeness (QED) is 0.520. The van der Waals surface area contributed by atoms with Crippen molar-refractivity contribution < 1.29 is 22.7 Å². The number of oxazole rings is 1. The molecule has 0 aliphatic carbocycles. The van der Waals surface area contributed by atoms with Crippen LogP contribution in [0.5, 0.6) is 11.8 Å². The van der Waals surface area contributed by atoms with Crippen molar-refractivity contribution in [3.05, 3.63) is 71.1 Å². The summed E-state index contributed by atoms with van der Waals surface area (Å²) >= 11 is 0. The Morgan fingerprint density at radius 1 is 1.19 bits per heavy atom. The van der Waals surface area contributed by atoms with E-state index in [0.717, 1.165) is 18.8 Å². The van der Waals surface area contributed by atoms with Gasteiger partial charge in [0.1, 0.15) is 23.6 Å². The fourth-order valence-corrected chi connectivity index (χ4v) is 3.11. The monoisotopic (exact) mass is 429 g/mol. The molecule has 0 radical (unpaired) electrons. The van der Waals surface area contributed by atoms with E-state index in [1.807, 2.05) is 18.2 Å². The van der Waals surface area contributed by atoms with Crippen molar-refractivity contribution >= 4 is 11.6 Å². The minimum atomic E-state index is -0.667. The van der Waals surface area contributed by atoms with Crippen LogP contribution in [0.1, 0.15) is 48.4 Å². The first-order valence-electron chi connectivity index (χ1n) is 10.1. The van der Waals surface area contributed by atoms with E-state index < -0.39 is 23.6 Å². The first-order valence-corrected chi connectivity index (χ1v) is 10.1. The summed E-state index contributed by atoms with van der Waals surface area (Å²) in [7, 11) is 0. The molecule has 1 unspecified atom stereocenters. The van der Waals surface area contributed by atoms with Crippen LogP contribution in [0.3, 0.4) is 0 Å². The number of ether oxygens (including phenoxy) is 1. The van der Waals surface area contributed by atoms with Crippen molar-refractivity contribution in [3.63, 3.8) is 0 Å². The van der Waals surface area contributed by atoms with Gasteiger partial charge in [0.15, 0.2) is 5.69 Å². The topological polar surface area (TPSA) is 67.6 Å². The molecule has 0 saturated carbocycles. The van der Waals surface area contributed by atoms with Crippen molar-refractivity contribution in [3.8, 4) is 11.8 Å². The Morgan fingerprint density at radius 3 is 2.52 bits per heavy atom. The lowest BCUT2D eigenvalue weighted by Gasteiger charge is -2.21. The van der Waals surface area contributed by atoms with Gasteiger partial charge in [-0.25, -0.2) is 8.78 Å². The number of rotatable bonds is 8. The number of amides is 1. The minimum absolute atomic E-state index is 0.00481. The molecule has 164 valence electrons. The van der Waals surface area contributed by atoms with Crippen LogP contribution in [0, 0.1) is 18.6 Å². The molecule has 6 nitrogen and oxygen atoms in total. The fraction of sp³-hybridized carbons (Fsp3) is 0.304. The highest BCUT2D eigenvalue weighted by Gasteiger charge is 2.18. The van der Waals surface area contributed by atoms with Crippen molar-refractivity contribution in [1.29, 1.82) is 0 Å². The Balaban J connectivity index is 1.68. The van der Waals surface area contributed by atoms with Gasteiger partial charge in [0.25, 0.3) is 5.91 Å². The van der Waals surface area contributed by atoms with Gasteiger partial charge in [0, 0.05) is 30.4 Å². The zero-order chi connectivity index (χ0) is 22.5. The van der Waals surface area contributed by atoms with Crippen LogP contribution in [-0.2, 0) is 0 Å². The lowest BCUT2D eigenvalue weighted by molar-refractivity contribution is 0.0934. The zero-order valence-electron chi connectivity index (χ0n) is 17.9. The van der Waals surface area contributed by atoms with E-state index in [1.165, 1.54) is 25.3 Å². The number of nitrogens with zero attached hydrogens (tertiary/aromatic N) is 2. The maximum atomic E-state index is 13.8. The molecule has 1 heterocycles. The summed E-state index contributed by atoms with van der Waals surface area (Å²) in [5.74, 6) is -1.36. The second kappa shape index (κ2) is 9.59. The number of carbonyl (C=O) groups excluding carboxylic acids is 1. The molecule has 0 fully saturated rings. The molecular weight excluding hydrogens is 404 g/mol. The van der Waals surface area contributed by atoms with E-state index in [0.29, 0.717) is 11.3 Å². The maximum Gasteiger partial charge on any atom is 0.399 e. The van der Waals surface area contributed by atoms with E-state index >= 15 is 0 Å². The SMILES string of the molecule is CCN(CC)c1cccc(Oc2nc(C(=O)NC(C)c3cc(F)c(C)c(F)c3)co2)c1. The maximum absolute atomic E-state index is 13.8. The Morgan fingerprint density at radius 2 is 1.87 bits per heavy atom. The van der Waals surface area contributed by atoms with E-state index in [2.05, 4.69) is 29.0 Å². The number of benzene rings is 2. The van der Waals surface area contributed by atoms with Crippen molar-refractivity contribution in [1.82, 2.24) is 10.3 Å². The fourth-order valence-electron chi connectivity index (χ4n) is 3.11. The lowest BCUT2D eigenvalue weighted by Crippen LogP contribution is -2.27. The third kappa shape index (κ3) is 5.20. The lowest BCUT2D eigenvalue weighted by atomic mass is 10.1. The summed E-state index contributed by atoms with van der Waals surface area (Å²) in [6.45, 7) is 8.82. The molecule has 0 bridgehead atoms. The summed E-state index contributed by atoms with van der Waals surface area (Å²) in [6.07, 6.45) is 1.09. The average Bonchev–Trinajstić information content (AvgIpc) is 3.21. The van der Waals surface area contributed by atoms with Crippen molar-refractivity contribution in [2.24, 2.45) is 0 Å². The predicted molar refractivity (Wildman–Crippen MR) is 114 cm³/mol. The normalized spacial score (nSPS) is 11.8. The van der Waals surface area contributed by atoms with Crippen LogP contribution in [0.25, 0.3) is 0 Å². The summed E-state index contributed by atoms with van der Waals surface area (Å²) in [4.78, 5) is 18.7. The predicted octanol–water partition coefficient (Wildman–Crippen LogP) is 5.39. The Kier molecular flexibility index (Phi) is 6.89. The van der Waals surface area contributed by atoms with Crippen LogP contribution in [0.4, 0.5) is 14.5 Å². The second-order valence-corrected chi connectivity index (χ2v) is 7.08. The van der Waals surface area contributed by atoms with Gasteiger partial charge >= 0.3 is 6.08 Å². The Hall–Kier alpha value is -3.42. The molecule has 3 aromatic rings. The molecule has 0 aliphatic rings. The van der Waals surface area contributed by atoms with Crippen molar-refractivity contribution in [2.75, 3.05) is 18.0 Å². The van der Waals surface area contributed by atoms with E-state index in [9.17, 15) is 13.6 Å². The minimum Gasteiger partial charge on any atom is -0.416 e. The number of aromatic nitrogens is 1. The first kappa shape index (κ1) is 22.3. The van der Waals surface area contributed by atoms with Gasteiger partial charge in [-0.3, -0.25) is 4.79 Å². The molecule has 2 aromatic carbocycles. The number of carbonyl (C=O) groups is 1. The number of halogens is 2. The molecular formula is C23H25F2N3O3. The van der Waals surface area contributed by atoms with E-state index in [4.69, 9.17) is 9.15 Å². The molecule has 0 aliphatic heterocycles. The number of hydrogen-bond acceptors (Lipinski definition) is 5. The van der Waals surface area contributed by atoms with Crippen LogP contribution in [0.15, 0.2) is 47.1 Å². The summed E-state index contributed by atoms with van der Waals surface area (Å²) in [6, 6.07) is 9.23. The number of anilines is 1. The molecule has 3 rings (SSSR count). The van der Waals surface area contributed by atoms with Gasteiger partial charge in [-0.1, -0.05) is 6.07 Å². The molecule has 1 N–H and O–H groups in total. The highest BCUT2D eigenvalue weighted by Crippen LogP contribution is 2.26. The molecule has 1 amide bonds. The van der Waals surface area contributed by atoms with Gasteiger partial charge in [0.2, 0.25) is 0 Å². The van der Waals surface area contributed by atoms with Crippen molar-refractivity contribution in [2.45, 2.75) is 33.7 Å². The molecule has 31 heavy (non-hydrogen) atoms. The highest BCUT2D eigenvalue weighted by molar-refractivity contribution is 5.92. The first-order chi connectivity index (χ1) is 14.8. The van der Waals surface area contributed by atoms with E-state index in [1.54, 1.807) is 13.0 Å². The number of hydrogen-bond donors (Lipinski definition) is 1. The smallest absolute Gasteiger partial charge is 0.399 e. The second-order valence-electron chi connectivity index (χ2n) is 7.08. The van der Waals surface area contributed by atoms with Crippen LogP contribution < -0.4 is 15.0 Å². The standard InChI is InChI=1S/C23H25F2N3O3/c1-5-28(6-2)17-8-7-9-18(12-17)31-23-27-21(13-30-23)22(29)26-15(4)16-10-19(24)14(3)20(25)11-16/h7-13,15H,5-6H2,1-4H3,(H,26,29). The van der Waals surface area contributed by atoms with Gasteiger partial charge in [0.05, 0.1) is 6.04 Å². The highest BCUT2D eigenvalue weighted by atomic mass is 19.1. The van der Waals surface area contributed by atoms with Gasteiger partial charge in [-0.2, -0.15) is 4.98 Å². The average molecular weight is 429 g/mol. The Labute approximate surface area is 179 Å². The summed E-state index contributed by atoms with van der Waals surface area (Å²) < 4.78 is 38.5. The molecule has 1 aromatic heterocycles. The third-order valence-corrected chi connectivity index (χ3v) is 5.02. The number of nitrogens with one attached hydrogen (secondary N) is 1. The largest absolute Gasteiger partial charge is 0.416 e. The molecule has 0 saturated heterocycles. The Bertz CT molecular complexity index is 1040. The zero-order valence-corrected chi connectivity index (χ0v) is 17.9. The van der Waals surface area contributed by atoms with Crippen LogP contribution >= 0.6 is 0 Å². The summed E-state index contributed by atoms with van der Waals surface area (Å²) in [5.41, 5.74) is 1.24. The summed E-state index contributed by atoms with van der Waals surface area (Å²) in [5, 5.41) is 2.65. The van der Waals surface area contributed by atoms with Gasteiger partial charge < -0.3 is 19.4 Å². The van der Waals surface area contributed by atoms with Gasteiger partial charge in [-0.05, 0) is 57.5 Å². The van der Waals surface area contributed by atoms with E-state index in [-0.39, 0.29) is 17.3 Å². The molecule has 1 atom stereocenters. The van der Waals surface area contributed by atoms with Gasteiger partial charge in [-0.15, -0.1) is 0 Å². The molecule has 0 spiro atoms. The van der Waals surface area contributed by atoms with Crippen LogP contribution in [-0.4, -0.2) is 24.0 Å². The van der Waals surface area contributed by atoms with Crippen LogP contribution in [0.2, 0.25) is 0 Å². The molecule has 8 heteroatoms.